The third kappa shape index (κ3) is 2.67. The van der Waals surface area contributed by atoms with Crippen LogP contribution in [0.3, 0.4) is 0 Å². The van der Waals surface area contributed by atoms with E-state index in [1.54, 1.807) is 23.7 Å². The van der Waals surface area contributed by atoms with Gasteiger partial charge in [-0.15, -0.1) is 11.3 Å². The topological polar surface area (TPSA) is 84.1 Å². The van der Waals surface area contributed by atoms with Crippen LogP contribution in [0.5, 0.6) is 0 Å². The van der Waals surface area contributed by atoms with E-state index < -0.39 is 5.91 Å². The Morgan fingerprint density at radius 3 is 2.83 bits per heavy atom. The summed E-state index contributed by atoms with van der Waals surface area (Å²) in [6, 6.07) is 7.52. The minimum absolute atomic E-state index is 0.413. The molecule has 24 heavy (non-hydrogen) atoms. The summed E-state index contributed by atoms with van der Waals surface area (Å²) in [6.45, 7) is 1.96. The van der Waals surface area contributed by atoms with Crippen LogP contribution in [-0.4, -0.2) is 29.0 Å². The van der Waals surface area contributed by atoms with Crippen LogP contribution < -0.4 is 16.0 Å². The number of rotatable bonds is 4. The molecule has 1 aliphatic rings. The fourth-order valence-electron chi connectivity index (χ4n) is 3.03. The lowest BCUT2D eigenvalue weighted by molar-refractivity contribution is 0.100. The number of aromatic nitrogens is 2. The normalized spacial score (nSPS) is 14.2. The van der Waals surface area contributed by atoms with Crippen LogP contribution in [0, 0.1) is 0 Å². The van der Waals surface area contributed by atoms with Crippen molar-refractivity contribution < 1.29 is 4.79 Å². The molecular formula is C17H17N5OS. The zero-order valence-electron chi connectivity index (χ0n) is 13.0. The van der Waals surface area contributed by atoms with Gasteiger partial charge in [-0.2, -0.15) is 0 Å². The molecule has 1 aromatic carbocycles. The van der Waals surface area contributed by atoms with E-state index in [4.69, 9.17) is 5.73 Å². The van der Waals surface area contributed by atoms with Crippen molar-refractivity contribution in [1.82, 2.24) is 9.97 Å². The van der Waals surface area contributed by atoms with Crippen LogP contribution in [0.25, 0.3) is 10.2 Å². The van der Waals surface area contributed by atoms with E-state index in [2.05, 4.69) is 20.2 Å². The van der Waals surface area contributed by atoms with Crippen LogP contribution in [0.15, 0.2) is 36.0 Å². The number of fused-ring (bicyclic) bond motifs is 1. The van der Waals surface area contributed by atoms with E-state index in [1.165, 1.54) is 0 Å². The van der Waals surface area contributed by atoms with Gasteiger partial charge in [-0.3, -0.25) is 4.79 Å². The standard InChI is InChI=1S/C17H17N5OS/c18-15(23)11-3-4-13(14(9-11)22-6-1-2-7-22)21-16-12-5-8-24-17(12)20-10-19-16/h3-5,8-10H,1-2,6-7H2,(H2,18,23)(H,19,20,21). The second kappa shape index (κ2) is 6.09. The first-order valence-electron chi connectivity index (χ1n) is 7.86. The summed E-state index contributed by atoms with van der Waals surface area (Å²) in [7, 11) is 0. The van der Waals surface area contributed by atoms with Crippen molar-refractivity contribution in [1.29, 1.82) is 0 Å². The molecule has 7 heteroatoms. The van der Waals surface area contributed by atoms with Gasteiger partial charge in [0.05, 0.1) is 16.8 Å². The number of anilines is 3. The maximum atomic E-state index is 11.5. The van der Waals surface area contributed by atoms with Crippen LogP contribution in [0.2, 0.25) is 0 Å². The number of carbonyl (C=O) groups is 1. The van der Waals surface area contributed by atoms with E-state index in [0.29, 0.717) is 5.56 Å². The van der Waals surface area contributed by atoms with Gasteiger partial charge in [0.25, 0.3) is 0 Å². The largest absolute Gasteiger partial charge is 0.370 e. The van der Waals surface area contributed by atoms with Gasteiger partial charge < -0.3 is 16.0 Å². The molecule has 3 heterocycles. The molecule has 0 radical (unpaired) electrons. The second-order valence-corrected chi connectivity index (χ2v) is 6.67. The highest BCUT2D eigenvalue weighted by Gasteiger charge is 2.18. The molecule has 3 aromatic rings. The van der Waals surface area contributed by atoms with Gasteiger partial charge in [-0.25, -0.2) is 9.97 Å². The number of hydrogen-bond donors (Lipinski definition) is 2. The number of amides is 1. The van der Waals surface area contributed by atoms with E-state index in [0.717, 1.165) is 53.3 Å². The molecule has 0 aliphatic carbocycles. The van der Waals surface area contributed by atoms with Crippen LogP contribution >= 0.6 is 11.3 Å². The number of carbonyl (C=O) groups excluding carboxylic acids is 1. The van der Waals surface area contributed by atoms with Gasteiger partial charge in [0.1, 0.15) is 17.0 Å². The molecule has 0 bridgehead atoms. The van der Waals surface area contributed by atoms with Gasteiger partial charge in [-0.1, -0.05) is 0 Å². The van der Waals surface area contributed by atoms with Gasteiger partial charge in [-0.05, 0) is 42.5 Å². The van der Waals surface area contributed by atoms with Gasteiger partial charge in [0.2, 0.25) is 5.91 Å². The predicted molar refractivity (Wildman–Crippen MR) is 97.1 cm³/mol. The van der Waals surface area contributed by atoms with Gasteiger partial charge in [0.15, 0.2) is 0 Å². The summed E-state index contributed by atoms with van der Waals surface area (Å²) < 4.78 is 0. The molecule has 0 atom stereocenters. The van der Waals surface area contributed by atoms with E-state index in [-0.39, 0.29) is 0 Å². The lowest BCUT2D eigenvalue weighted by Gasteiger charge is -2.22. The molecule has 2 aromatic heterocycles. The number of hydrogen-bond acceptors (Lipinski definition) is 6. The molecule has 4 rings (SSSR count). The molecule has 0 saturated carbocycles. The minimum Gasteiger partial charge on any atom is -0.370 e. The van der Waals surface area contributed by atoms with Gasteiger partial charge >= 0.3 is 0 Å². The Balaban J connectivity index is 1.76. The molecule has 1 fully saturated rings. The number of primary amides is 1. The second-order valence-electron chi connectivity index (χ2n) is 5.78. The molecule has 0 unspecified atom stereocenters. The number of thiophene rings is 1. The van der Waals surface area contributed by atoms with Crippen LogP contribution in [0.1, 0.15) is 23.2 Å². The average molecular weight is 339 g/mol. The van der Waals surface area contributed by atoms with E-state index in [1.807, 2.05) is 23.6 Å². The van der Waals surface area contributed by atoms with Crippen molar-refractivity contribution in [2.45, 2.75) is 12.8 Å². The van der Waals surface area contributed by atoms with Crippen LogP contribution in [-0.2, 0) is 0 Å². The fraction of sp³-hybridized carbons (Fsp3) is 0.235. The Morgan fingerprint density at radius 1 is 1.21 bits per heavy atom. The summed E-state index contributed by atoms with van der Waals surface area (Å²) in [4.78, 5) is 23.4. The lowest BCUT2D eigenvalue weighted by atomic mass is 10.1. The van der Waals surface area contributed by atoms with Crippen LogP contribution in [0.4, 0.5) is 17.2 Å². The monoisotopic (exact) mass is 339 g/mol. The Kier molecular flexibility index (Phi) is 3.78. The smallest absolute Gasteiger partial charge is 0.248 e. The molecule has 1 aliphatic heterocycles. The third-order valence-corrected chi connectivity index (χ3v) is 5.06. The van der Waals surface area contributed by atoms with Crippen molar-refractivity contribution in [3.63, 3.8) is 0 Å². The molecule has 3 N–H and O–H groups in total. The summed E-state index contributed by atoms with van der Waals surface area (Å²) >= 11 is 1.59. The highest BCUT2D eigenvalue weighted by molar-refractivity contribution is 7.16. The lowest BCUT2D eigenvalue weighted by Crippen LogP contribution is -2.20. The third-order valence-electron chi connectivity index (χ3n) is 4.24. The molecule has 1 saturated heterocycles. The summed E-state index contributed by atoms with van der Waals surface area (Å²) in [5.74, 6) is 0.359. The van der Waals surface area contributed by atoms with Crippen molar-refractivity contribution in [2.24, 2.45) is 5.73 Å². The van der Waals surface area contributed by atoms with Crippen molar-refractivity contribution >= 4 is 44.7 Å². The molecule has 122 valence electrons. The summed E-state index contributed by atoms with van der Waals surface area (Å²) in [6.07, 6.45) is 3.87. The van der Waals surface area contributed by atoms with E-state index >= 15 is 0 Å². The Bertz CT molecular complexity index is 901. The first-order valence-corrected chi connectivity index (χ1v) is 8.74. The quantitative estimate of drug-likeness (QED) is 0.763. The number of nitrogens with one attached hydrogen (secondary N) is 1. The number of nitrogens with two attached hydrogens (primary N) is 1. The fourth-order valence-corrected chi connectivity index (χ4v) is 3.76. The maximum Gasteiger partial charge on any atom is 0.248 e. The molecule has 0 spiro atoms. The number of benzene rings is 1. The zero-order chi connectivity index (χ0) is 16.5. The molecule has 6 nitrogen and oxygen atoms in total. The highest BCUT2D eigenvalue weighted by atomic mass is 32.1. The Labute approximate surface area is 143 Å². The highest BCUT2D eigenvalue weighted by Crippen LogP contribution is 2.34. The summed E-state index contributed by atoms with van der Waals surface area (Å²) in [5, 5.41) is 6.40. The maximum absolute atomic E-state index is 11.5. The van der Waals surface area contributed by atoms with Gasteiger partial charge in [0, 0.05) is 18.7 Å². The molecule has 1 amide bonds. The van der Waals surface area contributed by atoms with E-state index in [9.17, 15) is 4.79 Å². The summed E-state index contributed by atoms with van der Waals surface area (Å²) in [5.41, 5.74) is 7.88. The Hall–Kier alpha value is -2.67. The van der Waals surface area contributed by atoms with Crippen molar-refractivity contribution in [2.75, 3.05) is 23.3 Å². The first-order chi connectivity index (χ1) is 11.7. The average Bonchev–Trinajstić information content (AvgIpc) is 3.27. The minimum atomic E-state index is -0.413. The zero-order valence-corrected chi connectivity index (χ0v) is 13.8. The van der Waals surface area contributed by atoms with Crippen molar-refractivity contribution in [3.05, 3.63) is 41.5 Å². The molecular weight excluding hydrogens is 322 g/mol. The predicted octanol–water partition coefficient (Wildman–Crippen LogP) is 3.13. The number of nitrogens with zero attached hydrogens (tertiary/aromatic N) is 3. The first kappa shape index (κ1) is 14.9. The van der Waals surface area contributed by atoms with Crippen molar-refractivity contribution in [3.8, 4) is 0 Å². The Morgan fingerprint density at radius 2 is 2.04 bits per heavy atom. The SMILES string of the molecule is NC(=O)c1ccc(Nc2ncnc3sccc23)c(N2CCCC2)c1.